The number of hydrogen-bond acceptors (Lipinski definition) is 4. The molecule has 3 aromatic rings. The fourth-order valence-corrected chi connectivity index (χ4v) is 5.28. The van der Waals surface area contributed by atoms with E-state index in [-0.39, 0.29) is 23.6 Å². The molecular weight excluding hydrogens is 428 g/mol. The zero-order valence-corrected chi connectivity index (χ0v) is 18.4. The zero-order chi connectivity index (χ0) is 21.2. The van der Waals surface area contributed by atoms with Gasteiger partial charge in [-0.2, -0.15) is 4.99 Å². The number of nitrogens with zero attached hydrogens (tertiary/aromatic N) is 2. The third-order valence-corrected chi connectivity index (χ3v) is 7.55. The molecule has 5 nitrogen and oxygen atoms in total. The van der Waals surface area contributed by atoms with Gasteiger partial charge in [-0.15, -0.1) is 6.42 Å². The molecule has 0 aliphatic rings. The van der Waals surface area contributed by atoms with Crippen LogP contribution in [0.25, 0.3) is 10.2 Å². The summed E-state index contributed by atoms with van der Waals surface area (Å²) in [6, 6.07) is 9.92. The van der Waals surface area contributed by atoms with E-state index in [0.717, 1.165) is 21.3 Å². The molecule has 2 aromatic carbocycles. The van der Waals surface area contributed by atoms with E-state index in [0.29, 0.717) is 9.82 Å². The van der Waals surface area contributed by atoms with Gasteiger partial charge in [-0.25, -0.2) is 8.42 Å². The Hall–Kier alpha value is -2.40. The maximum absolute atomic E-state index is 12.4. The fourth-order valence-electron chi connectivity index (χ4n) is 2.79. The summed E-state index contributed by atoms with van der Waals surface area (Å²) in [5.74, 6) is 1.75. The second kappa shape index (κ2) is 8.54. The van der Waals surface area contributed by atoms with Gasteiger partial charge in [-0.3, -0.25) is 4.79 Å². The summed E-state index contributed by atoms with van der Waals surface area (Å²) in [5.41, 5.74) is 3.17. The number of terminal acetylenes is 1. The van der Waals surface area contributed by atoms with E-state index in [1.165, 1.54) is 35.6 Å². The highest BCUT2D eigenvalue weighted by atomic mass is 35.5. The van der Waals surface area contributed by atoms with Crippen molar-refractivity contribution in [1.82, 2.24) is 4.57 Å². The second-order valence-electron chi connectivity index (χ2n) is 6.61. The number of thiazole rings is 1. The number of carbonyl (C=O) groups excluding carboxylic acids is 1. The fraction of sp³-hybridized carbons (Fsp3) is 0.238. The van der Waals surface area contributed by atoms with Crippen LogP contribution in [0.2, 0.25) is 5.02 Å². The van der Waals surface area contributed by atoms with Crippen LogP contribution in [0.1, 0.15) is 17.5 Å². The van der Waals surface area contributed by atoms with Gasteiger partial charge in [0.1, 0.15) is 0 Å². The van der Waals surface area contributed by atoms with Gasteiger partial charge >= 0.3 is 0 Å². The van der Waals surface area contributed by atoms with E-state index in [1.807, 2.05) is 26.0 Å². The number of sulfone groups is 1. The van der Waals surface area contributed by atoms with E-state index in [2.05, 4.69) is 10.9 Å². The number of aromatic nitrogens is 1. The van der Waals surface area contributed by atoms with Crippen LogP contribution < -0.4 is 4.80 Å². The molecule has 0 aliphatic carbocycles. The minimum atomic E-state index is -3.60. The first-order chi connectivity index (χ1) is 13.7. The van der Waals surface area contributed by atoms with E-state index >= 15 is 0 Å². The van der Waals surface area contributed by atoms with Crippen molar-refractivity contribution in [2.24, 2.45) is 4.99 Å². The van der Waals surface area contributed by atoms with Crippen molar-refractivity contribution >= 4 is 48.9 Å². The predicted molar refractivity (Wildman–Crippen MR) is 117 cm³/mol. The van der Waals surface area contributed by atoms with Crippen molar-refractivity contribution in [1.29, 1.82) is 0 Å². The van der Waals surface area contributed by atoms with Crippen LogP contribution in [0.4, 0.5) is 0 Å². The van der Waals surface area contributed by atoms with E-state index in [1.54, 1.807) is 4.57 Å². The largest absolute Gasteiger partial charge is 0.305 e. The lowest BCUT2D eigenvalue weighted by molar-refractivity contribution is -0.117. The highest BCUT2D eigenvalue weighted by Crippen LogP contribution is 2.22. The first kappa shape index (κ1) is 21.3. The third-order valence-electron chi connectivity index (χ3n) is 4.53. The molecule has 1 amide bonds. The standard InChI is InChI=1S/C21H19ClN2O3S2/c1-4-10-24-18-12-14(2)15(3)13-19(18)28-21(24)23-20(25)9-11-29(26,27)17-7-5-16(22)6-8-17/h1,5-8,12-13H,9-11H2,2-3H3. The van der Waals surface area contributed by atoms with Crippen LogP contribution in [-0.2, 0) is 21.2 Å². The highest BCUT2D eigenvalue weighted by Gasteiger charge is 2.17. The number of amides is 1. The van der Waals surface area contributed by atoms with Gasteiger partial charge in [0.2, 0.25) is 5.91 Å². The lowest BCUT2D eigenvalue weighted by atomic mass is 10.1. The summed E-state index contributed by atoms with van der Waals surface area (Å²) < 4.78 is 27.6. The Morgan fingerprint density at radius 2 is 1.86 bits per heavy atom. The van der Waals surface area contributed by atoms with E-state index < -0.39 is 15.7 Å². The maximum atomic E-state index is 12.4. The third kappa shape index (κ3) is 4.78. The second-order valence-corrected chi connectivity index (χ2v) is 10.2. The number of carbonyl (C=O) groups is 1. The number of hydrogen-bond donors (Lipinski definition) is 0. The van der Waals surface area contributed by atoms with E-state index in [9.17, 15) is 13.2 Å². The summed E-state index contributed by atoms with van der Waals surface area (Å²) in [4.78, 5) is 17.1. The minimum absolute atomic E-state index is 0.130. The smallest absolute Gasteiger partial charge is 0.249 e. The molecule has 29 heavy (non-hydrogen) atoms. The van der Waals surface area contributed by atoms with Gasteiger partial charge in [0, 0.05) is 11.4 Å². The Labute approximate surface area is 178 Å². The van der Waals surface area contributed by atoms with Gasteiger partial charge < -0.3 is 4.57 Å². The number of rotatable bonds is 5. The van der Waals surface area contributed by atoms with Crippen LogP contribution >= 0.6 is 22.9 Å². The van der Waals surface area contributed by atoms with E-state index in [4.69, 9.17) is 18.0 Å². The molecule has 1 heterocycles. The summed E-state index contributed by atoms with van der Waals surface area (Å²) in [7, 11) is -3.60. The maximum Gasteiger partial charge on any atom is 0.249 e. The van der Waals surface area contributed by atoms with Crippen molar-refractivity contribution in [3.8, 4) is 12.3 Å². The summed E-state index contributed by atoms with van der Waals surface area (Å²) >= 11 is 7.16. The van der Waals surface area contributed by atoms with Gasteiger partial charge in [0.25, 0.3) is 0 Å². The van der Waals surface area contributed by atoms with Gasteiger partial charge in [-0.1, -0.05) is 28.9 Å². The van der Waals surface area contributed by atoms with Crippen LogP contribution in [-0.4, -0.2) is 24.6 Å². The Kier molecular flexibility index (Phi) is 6.27. The van der Waals surface area contributed by atoms with Crippen molar-refractivity contribution in [2.75, 3.05) is 5.75 Å². The van der Waals surface area contributed by atoms with Crippen LogP contribution in [0.3, 0.4) is 0 Å². The van der Waals surface area contributed by atoms with Gasteiger partial charge in [0.15, 0.2) is 14.6 Å². The Bertz CT molecular complexity index is 1290. The Morgan fingerprint density at radius 3 is 2.52 bits per heavy atom. The molecular formula is C21H19ClN2O3S2. The molecule has 0 unspecified atom stereocenters. The number of fused-ring (bicyclic) bond motifs is 1. The molecule has 0 saturated heterocycles. The normalized spacial score (nSPS) is 12.3. The van der Waals surface area contributed by atoms with Crippen molar-refractivity contribution in [3.05, 3.63) is 57.3 Å². The summed E-state index contributed by atoms with van der Waals surface area (Å²) in [6.45, 7) is 4.30. The van der Waals surface area contributed by atoms with Crippen molar-refractivity contribution in [2.45, 2.75) is 31.7 Å². The van der Waals surface area contributed by atoms with Crippen LogP contribution in [0, 0.1) is 26.2 Å². The van der Waals surface area contributed by atoms with Gasteiger partial charge in [-0.05, 0) is 61.4 Å². The molecule has 0 bridgehead atoms. The van der Waals surface area contributed by atoms with Crippen LogP contribution in [0.15, 0.2) is 46.3 Å². The molecule has 0 spiro atoms. The number of halogens is 1. The number of aryl methyl sites for hydroxylation is 2. The minimum Gasteiger partial charge on any atom is -0.305 e. The lowest BCUT2D eigenvalue weighted by Crippen LogP contribution is -2.18. The first-order valence-electron chi connectivity index (χ1n) is 8.81. The summed E-state index contributed by atoms with van der Waals surface area (Å²) in [6.07, 6.45) is 5.27. The molecule has 3 rings (SSSR count). The van der Waals surface area contributed by atoms with Gasteiger partial charge in [0.05, 0.1) is 27.4 Å². The molecule has 0 radical (unpaired) electrons. The van der Waals surface area contributed by atoms with Crippen LogP contribution in [0.5, 0.6) is 0 Å². The predicted octanol–water partition coefficient (Wildman–Crippen LogP) is 3.90. The monoisotopic (exact) mass is 446 g/mol. The Morgan fingerprint density at radius 1 is 1.21 bits per heavy atom. The quantitative estimate of drug-likeness (QED) is 0.558. The topological polar surface area (TPSA) is 68.5 Å². The molecule has 1 aromatic heterocycles. The highest BCUT2D eigenvalue weighted by molar-refractivity contribution is 7.91. The average Bonchev–Trinajstić information content (AvgIpc) is 2.97. The molecule has 0 saturated carbocycles. The average molecular weight is 447 g/mol. The Balaban J connectivity index is 1.89. The SMILES string of the molecule is C#CCn1c(=NC(=O)CCS(=O)(=O)c2ccc(Cl)cc2)sc2cc(C)c(C)cc21. The molecule has 0 N–H and O–H groups in total. The molecule has 150 valence electrons. The first-order valence-corrected chi connectivity index (χ1v) is 11.7. The number of benzene rings is 2. The molecule has 8 heteroatoms. The lowest BCUT2D eigenvalue weighted by Gasteiger charge is -2.04. The van der Waals surface area contributed by atoms with Crippen molar-refractivity contribution < 1.29 is 13.2 Å². The molecule has 0 atom stereocenters. The molecule has 0 aliphatic heterocycles. The summed E-state index contributed by atoms with van der Waals surface area (Å²) in [5, 5.41) is 0.448. The molecule has 0 fully saturated rings. The zero-order valence-electron chi connectivity index (χ0n) is 16.0. The van der Waals surface area contributed by atoms with Crippen molar-refractivity contribution in [3.63, 3.8) is 0 Å².